The Hall–Kier alpha value is -0.930. The van der Waals surface area contributed by atoms with Crippen LogP contribution in [-0.4, -0.2) is 16.7 Å². The molecule has 0 aromatic rings. The highest BCUT2D eigenvalue weighted by molar-refractivity contribution is 5.82. The minimum absolute atomic E-state index is 0.256. The second kappa shape index (κ2) is 5.69. The van der Waals surface area contributed by atoms with Crippen molar-refractivity contribution < 1.29 is 9.72 Å². The maximum absolute atomic E-state index is 11.0. The summed E-state index contributed by atoms with van der Waals surface area (Å²) in [5, 5.41) is 10.4. The monoisotopic (exact) mass is 173 g/mol. The van der Waals surface area contributed by atoms with Crippen LogP contribution < -0.4 is 0 Å². The van der Waals surface area contributed by atoms with Gasteiger partial charge >= 0.3 is 0 Å². The van der Waals surface area contributed by atoms with Crippen molar-refractivity contribution in [1.29, 1.82) is 0 Å². The first-order chi connectivity index (χ1) is 5.63. The molecular weight excluding hydrogens is 158 g/mol. The largest absolute Gasteiger partial charge is 0.292 e. The molecule has 1 atom stereocenters. The van der Waals surface area contributed by atoms with E-state index in [1.54, 1.807) is 6.92 Å². The van der Waals surface area contributed by atoms with Crippen molar-refractivity contribution in [2.75, 3.05) is 0 Å². The lowest BCUT2D eigenvalue weighted by Crippen LogP contribution is -2.28. The van der Waals surface area contributed by atoms with Gasteiger partial charge in [0.2, 0.25) is 5.78 Å². The molecule has 0 saturated heterocycles. The van der Waals surface area contributed by atoms with E-state index in [4.69, 9.17) is 0 Å². The Morgan fingerprint density at radius 2 is 2.08 bits per heavy atom. The Balaban J connectivity index is 4.04. The van der Waals surface area contributed by atoms with Gasteiger partial charge in [-0.1, -0.05) is 20.3 Å². The molecule has 0 aliphatic heterocycles. The number of rotatable bonds is 6. The Labute approximate surface area is 72.1 Å². The summed E-state index contributed by atoms with van der Waals surface area (Å²) < 4.78 is 0. The first kappa shape index (κ1) is 11.1. The fourth-order valence-electron chi connectivity index (χ4n) is 1.02. The molecule has 0 aliphatic carbocycles. The molecule has 1 unspecified atom stereocenters. The summed E-state index contributed by atoms with van der Waals surface area (Å²) in [6.45, 7) is 3.61. The van der Waals surface area contributed by atoms with Crippen LogP contribution in [0.25, 0.3) is 0 Å². The minimum Gasteiger partial charge on any atom is -0.292 e. The number of hydrogen-bond acceptors (Lipinski definition) is 3. The van der Waals surface area contributed by atoms with Gasteiger partial charge in [0.25, 0.3) is 6.04 Å². The van der Waals surface area contributed by atoms with E-state index in [1.807, 2.05) is 6.92 Å². The van der Waals surface area contributed by atoms with Crippen LogP contribution in [0.15, 0.2) is 0 Å². The SMILES string of the molecule is CCCCC(C(=O)CC)[N+](=O)[O-]. The summed E-state index contributed by atoms with van der Waals surface area (Å²) >= 11 is 0. The Kier molecular flexibility index (Phi) is 5.25. The van der Waals surface area contributed by atoms with Crippen molar-refractivity contribution in [2.45, 2.75) is 45.6 Å². The topological polar surface area (TPSA) is 60.2 Å². The first-order valence-electron chi connectivity index (χ1n) is 4.29. The lowest BCUT2D eigenvalue weighted by atomic mass is 10.1. The van der Waals surface area contributed by atoms with Crippen LogP contribution >= 0.6 is 0 Å². The number of unbranched alkanes of at least 4 members (excludes halogenated alkanes) is 1. The molecule has 0 aliphatic rings. The fraction of sp³-hybridized carbons (Fsp3) is 0.875. The summed E-state index contributed by atoms with van der Waals surface area (Å²) in [7, 11) is 0. The maximum Gasteiger partial charge on any atom is 0.270 e. The molecule has 0 spiro atoms. The van der Waals surface area contributed by atoms with Crippen molar-refractivity contribution in [3.05, 3.63) is 10.1 Å². The standard InChI is InChI=1S/C8H15NO3/c1-3-5-6-7(9(11)12)8(10)4-2/h7H,3-6H2,1-2H3. The predicted molar refractivity (Wildman–Crippen MR) is 45.6 cm³/mol. The van der Waals surface area contributed by atoms with Gasteiger partial charge in [-0.15, -0.1) is 0 Å². The zero-order valence-electron chi connectivity index (χ0n) is 7.58. The molecule has 4 nitrogen and oxygen atoms in total. The van der Waals surface area contributed by atoms with Gasteiger partial charge in [-0.05, 0) is 6.42 Å². The summed E-state index contributed by atoms with van der Waals surface area (Å²) in [6, 6.07) is -0.963. The van der Waals surface area contributed by atoms with Gasteiger partial charge in [0.15, 0.2) is 0 Å². The fourth-order valence-corrected chi connectivity index (χ4v) is 1.02. The molecule has 0 saturated carbocycles. The lowest BCUT2D eigenvalue weighted by Gasteiger charge is -2.05. The number of carbonyl (C=O) groups is 1. The van der Waals surface area contributed by atoms with Gasteiger partial charge in [-0.3, -0.25) is 14.9 Å². The highest BCUT2D eigenvalue weighted by atomic mass is 16.6. The summed E-state index contributed by atoms with van der Waals surface area (Å²) in [6.07, 6.45) is 2.28. The third-order valence-corrected chi connectivity index (χ3v) is 1.81. The normalized spacial score (nSPS) is 12.5. The minimum atomic E-state index is -0.963. The van der Waals surface area contributed by atoms with E-state index in [9.17, 15) is 14.9 Å². The smallest absolute Gasteiger partial charge is 0.270 e. The van der Waals surface area contributed by atoms with Crippen LogP contribution in [0.2, 0.25) is 0 Å². The third-order valence-electron chi connectivity index (χ3n) is 1.81. The molecule has 0 amide bonds. The molecule has 0 heterocycles. The van der Waals surface area contributed by atoms with Crippen molar-refractivity contribution in [3.63, 3.8) is 0 Å². The van der Waals surface area contributed by atoms with Gasteiger partial charge in [0.05, 0.1) is 0 Å². The highest BCUT2D eigenvalue weighted by Gasteiger charge is 2.26. The second-order valence-corrected chi connectivity index (χ2v) is 2.76. The van der Waals surface area contributed by atoms with Crippen molar-refractivity contribution in [3.8, 4) is 0 Å². The van der Waals surface area contributed by atoms with E-state index in [-0.39, 0.29) is 12.2 Å². The van der Waals surface area contributed by atoms with Gasteiger partial charge in [-0.2, -0.15) is 0 Å². The second-order valence-electron chi connectivity index (χ2n) is 2.76. The number of nitrogens with zero attached hydrogens (tertiary/aromatic N) is 1. The molecule has 0 bridgehead atoms. The van der Waals surface area contributed by atoms with Crippen LogP contribution in [0, 0.1) is 10.1 Å². The zero-order valence-corrected chi connectivity index (χ0v) is 7.58. The third kappa shape index (κ3) is 3.46. The summed E-state index contributed by atoms with van der Waals surface area (Å²) in [4.78, 5) is 20.9. The first-order valence-corrected chi connectivity index (χ1v) is 4.29. The number of carbonyl (C=O) groups excluding carboxylic acids is 1. The lowest BCUT2D eigenvalue weighted by molar-refractivity contribution is -0.508. The van der Waals surface area contributed by atoms with E-state index in [0.29, 0.717) is 6.42 Å². The number of hydrogen-bond donors (Lipinski definition) is 0. The van der Waals surface area contributed by atoms with Gasteiger partial charge < -0.3 is 0 Å². The molecule has 12 heavy (non-hydrogen) atoms. The van der Waals surface area contributed by atoms with Crippen LogP contribution in [0.3, 0.4) is 0 Å². The summed E-state index contributed by atoms with van der Waals surface area (Å²) in [5.74, 6) is -0.256. The van der Waals surface area contributed by atoms with E-state index < -0.39 is 11.0 Å². The van der Waals surface area contributed by atoms with Crippen molar-refractivity contribution in [2.24, 2.45) is 0 Å². The Bertz CT molecular complexity index is 168. The maximum atomic E-state index is 11.0. The Morgan fingerprint density at radius 3 is 2.42 bits per heavy atom. The van der Waals surface area contributed by atoms with E-state index in [2.05, 4.69) is 0 Å². The number of nitro groups is 1. The summed E-state index contributed by atoms with van der Waals surface area (Å²) in [5.41, 5.74) is 0. The van der Waals surface area contributed by atoms with Crippen molar-refractivity contribution >= 4 is 5.78 Å². The molecule has 0 aromatic heterocycles. The van der Waals surface area contributed by atoms with Crippen LogP contribution in [0.1, 0.15) is 39.5 Å². The average molecular weight is 173 g/mol. The van der Waals surface area contributed by atoms with Crippen LogP contribution in [0.4, 0.5) is 0 Å². The number of ketones is 1. The molecule has 0 radical (unpaired) electrons. The Morgan fingerprint density at radius 1 is 1.50 bits per heavy atom. The number of Topliss-reactive ketones (excluding diaryl/α,β-unsaturated/α-hetero) is 1. The van der Waals surface area contributed by atoms with Gasteiger partial charge in [0, 0.05) is 17.8 Å². The van der Waals surface area contributed by atoms with Crippen molar-refractivity contribution in [1.82, 2.24) is 0 Å². The molecule has 0 N–H and O–H groups in total. The molecule has 0 aromatic carbocycles. The predicted octanol–water partition coefficient (Wildman–Crippen LogP) is 1.80. The molecule has 70 valence electrons. The van der Waals surface area contributed by atoms with Gasteiger partial charge in [-0.25, -0.2) is 0 Å². The van der Waals surface area contributed by atoms with Gasteiger partial charge in [0.1, 0.15) is 0 Å². The molecule has 0 fully saturated rings. The molecular formula is C8H15NO3. The van der Waals surface area contributed by atoms with Crippen LogP contribution in [-0.2, 0) is 4.79 Å². The van der Waals surface area contributed by atoms with Crippen LogP contribution in [0.5, 0.6) is 0 Å². The molecule has 4 heteroatoms. The highest BCUT2D eigenvalue weighted by Crippen LogP contribution is 2.06. The van der Waals surface area contributed by atoms with E-state index >= 15 is 0 Å². The average Bonchev–Trinajstić information content (AvgIpc) is 2.04. The quantitative estimate of drug-likeness (QED) is 0.454. The zero-order chi connectivity index (χ0) is 9.56. The molecule has 0 rings (SSSR count). The van der Waals surface area contributed by atoms with E-state index in [1.165, 1.54) is 0 Å². The van der Waals surface area contributed by atoms with E-state index in [0.717, 1.165) is 12.8 Å².